The van der Waals surface area contributed by atoms with Crippen LogP contribution in [0.1, 0.15) is 37.0 Å². The summed E-state index contributed by atoms with van der Waals surface area (Å²) in [6, 6.07) is 4.16. The van der Waals surface area contributed by atoms with E-state index >= 15 is 0 Å². The van der Waals surface area contributed by atoms with Crippen LogP contribution in [0.2, 0.25) is 5.02 Å². The van der Waals surface area contributed by atoms with Crippen LogP contribution in [0.4, 0.5) is 4.39 Å². The van der Waals surface area contributed by atoms with E-state index in [4.69, 9.17) is 17.3 Å². The lowest BCUT2D eigenvalue weighted by Crippen LogP contribution is -2.58. The van der Waals surface area contributed by atoms with Gasteiger partial charge in [0.1, 0.15) is 5.82 Å². The van der Waals surface area contributed by atoms with Gasteiger partial charge in [0.25, 0.3) is 5.91 Å². The molecule has 1 saturated heterocycles. The van der Waals surface area contributed by atoms with Crippen molar-refractivity contribution in [3.05, 3.63) is 34.6 Å². The van der Waals surface area contributed by atoms with E-state index in [0.717, 1.165) is 6.42 Å². The van der Waals surface area contributed by atoms with Crippen LogP contribution in [0.15, 0.2) is 18.2 Å². The molecule has 7 heteroatoms. The van der Waals surface area contributed by atoms with E-state index in [2.05, 4.69) is 0 Å². The first-order valence-corrected chi connectivity index (χ1v) is 8.47. The Morgan fingerprint density at radius 1 is 1.25 bits per heavy atom. The monoisotopic (exact) mass is 355 g/mol. The molecule has 0 aliphatic carbocycles. The summed E-state index contributed by atoms with van der Waals surface area (Å²) in [5, 5.41) is 0.0935. The number of rotatable bonds is 4. The summed E-state index contributed by atoms with van der Waals surface area (Å²) in [6.07, 6.45) is 1.43. The highest BCUT2D eigenvalue weighted by molar-refractivity contribution is 6.33. The average molecular weight is 356 g/mol. The SMILES string of the molecule is CCCC(C)(N)C(=O)N1CCN(C(=O)c2c(F)cccc2Cl)CC1. The molecule has 1 atom stereocenters. The fourth-order valence-corrected chi connectivity index (χ4v) is 3.20. The zero-order chi connectivity index (χ0) is 17.9. The van der Waals surface area contributed by atoms with Gasteiger partial charge in [-0.3, -0.25) is 9.59 Å². The average Bonchev–Trinajstić information content (AvgIpc) is 2.54. The van der Waals surface area contributed by atoms with Crippen molar-refractivity contribution in [1.82, 2.24) is 9.80 Å². The third-order valence-electron chi connectivity index (χ3n) is 4.29. The van der Waals surface area contributed by atoms with E-state index in [1.54, 1.807) is 11.8 Å². The fraction of sp³-hybridized carbons (Fsp3) is 0.529. The number of amides is 2. The van der Waals surface area contributed by atoms with Gasteiger partial charge in [0.05, 0.1) is 16.1 Å². The van der Waals surface area contributed by atoms with Crippen LogP contribution in [0.25, 0.3) is 0 Å². The molecule has 1 aliphatic heterocycles. The number of hydrogen-bond acceptors (Lipinski definition) is 3. The Morgan fingerprint density at radius 2 is 1.83 bits per heavy atom. The third kappa shape index (κ3) is 3.87. The van der Waals surface area contributed by atoms with Gasteiger partial charge in [-0.05, 0) is 25.5 Å². The molecule has 2 rings (SSSR count). The van der Waals surface area contributed by atoms with Crippen LogP contribution in [0.5, 0.6) is 0 Å². The molecule has 24 heavy (non-hydrogen) atoms. The van der Waals surface area contributed by atoms with Crippen molar-refractivity contribution < 1.29 is 14.0 Å². The Bertz CT molecular complexity index is 608. The van der Waals surface area contributed by atoms with E-state index in [9.17, 15) is 14.0 Å². The highest BCUT2D eigenvalue weighted by Crippen LogP contribution is 2.22. The van der Waals surface area contributed by atoms with Crippen LogP contribution in [-0.4, -0.2) is 53.3 Å². The van der Waals surface area contributed by atoms with Gasteiger partial charge in [0.2, 0.25) is 5.91 Å². The number of halogens is 2. The summed E-state index contributed by atoms with van der Waals surface area (Å²) in [5.74, 6) is -1.20. The van der Waals surface area contributed by atoms with E-state index < -0.39 is 17.3 Å². The topological polar surface area (TPSA) is 66.6 Å². The van der Waals surface area contributed by atoms with Gasteiger partial charge in [0, 0.05) is 26.2 Å². The highest BCUT2D eigenvalue weighted by Gasteiger charge is 2.34. The van der Waals surface area contributed by atoms with Crippen LogP contribution < -0.4 is 5.73 Å². The quantitative estimate of drug-likeness (QED) is 0.901. The number of piperazine rings is 1. The first-order chi connectivity index (χ1) is 11.3. The van der Waals surface area contributed by atoms with Crippen LogP contribution >= 0.6 is 11.6 Å². The Balaban J connectivity index is 2.03. The predicted molar refractivity (Wildman–Crippen MR) is 91.4 cm³/mol. The summed E-state index contributed by atoms with van der Waals surface area (Å²) < 4.78 is 13.9. The van der Waals surface area contributed by atoms with Crippen LogP contribution in [0.3, 0.4) is 0 Å². The molecule has 132 valence electrons. The van der Waals surface area contributed by atoms with Crippen molar-refractivity contribution in [1.29, 1.82) is 0 Å². The minimum absolute atomic E-state index is 0.0935. The molecule has 1 unspecified atom stereocenters. The lowest BCUT2D eigenvalue weighted by molar-refractivity contribution is -0.138. The largest absolute Gasteiger partial charge is 0.338 e. The molecule has 1 aromatic carbocycles. The standard InChI is InChI=1S/C17H23ClFN3O2/c1-3-7-17(2,20)16(24)22-10-8-21(9-11-22)15(23)14-12(18)5-4-6-13(14)19/h4-6H,3,7-11,20H2,1-2H3. The van der Waals surface area contributed by atoms with Gasteiger partial charge in [-0.2, -0.15) is 0 Å². The molecule has 1 aromatic rings. The second-order valence-corrected chi connectivity index (χ2v) is 6.76. The van der Waals surface area contributed by atoms with Gasteiger partial charge in [-0.25, -0.2) is 4.39 Å². The highest BCUT2D eigenvalue weighted by atomic mass is 35.5. The van der Waals surface area contributed by atoms with Crippen LogP contribution in [-0.2, 0) is 4.79 Å². The second-order valence-electron chi connectivity index (χ2n) is 6.35. The number of nitrogens with zero attached hydrogens (tertiary/aromatic N) is 2. The summed E-state index contributed by atoms with van der Waals surface area (Å²) in [4.78, 5) is 28.2. The molecule has 1 fully saturated rings. The van der Waals surface area contributed by atoms with Crippen molar-refractivity contribution >= 4 is 23.4 Å². The molecular weight excluding hydrogens is 333 g/mol. The lowest BCUT2D eigenvalue weighted by atomic mass is 9.95. The fourth-order valence-electron chi connectivity index (χ4n) is 2.96. The van der Waals surface area contributed by atoms with Crippen molar-refractivity contribution in [2.45, 2.75) is 32.2 Å². The molecule has 2 amide bonds. The van der Waals surface area contributed by atoms with Crippen molar-refractivity contribution in [2.75, 3.05) is 26.2 Å². The van der Waals surface area contributed by atoms with E-state index in [1.165, 1.54) is 23.1 Å². The van der Waals surface area contributed by atoms with Gasteiger partial charge in [-0.15, -0.1) is 0 Å². The summed E-state index contributed by atoms with van der Waals surface area (Å²) >= 11 is 5.95. The third-order valence-corrected chi connectivity index (χ3v) is 4.60. The molecule has 0 radical (unpaired) electrons. The normalized spacial score (nSPS) is 17.5. The van der Waals surface area contributed by atoms with Crippen LogP contribution in [0, 0.1) is 5.82 Å². The Hall–Kier alpha value is -1.66. The predicted octanol–water partition coefficient (Wildman–Crippen LogP) is 2.28. The molecule has 0 spiro atoms. The maximum Gasteiger partial charge on any atom is 0.258 e. The lowest BCUT2D eigenvalue weighted by Gasteiger charge is -2.38. The molecule has 5 nitrogen and oxygen atoms in total. The van der Waals surface area contributed by atoms with Gasteiger partial charge >= 0.3 is 0 Å². The number of benzene rings is 1. The maximum absolute atomic E-state index is 13.9. The first kappa shape index (κ1) is 18.7. The summed E-state index contributed by atoms with van der Waals surface area (Å²) in [5.41, 5.74) is 5.08. The number of carbonyl (C=O) groups is 2. The molecule has 2 N–H and O–H groups in total. The minimum Gasteiger partial charge on any atom is -0.338 e. The zero-order valence-corrected chi connectivity index (χ0v) is 14.8. The summed E-state index contributed by atoms with van der Waals surface area (Å²) in [6.45, 7) is 5.14. The zero-order valence-electron chi connectivity index (χ0n) is 14.0. The Kier molecular flexibility index (Phi) is 5.83. The van der Waals surface area contributed by atoms with Gasteiger partial charge < -0.3 is 15.5 Å². The van der Waals surface area contributed by atoms with Gasteiger partial charge in [0.15, 0.2) is 0 Å². The van der Waals surface area contributed by atoms with Crippen molar-refractivity contribution in [3.8, 4) is 0 Å². The molecule has 1 aliphatic rings. The Labute approximate surface area is 146 Å². The minimum atomic E-state index is -0.893. The molecular formula is C17H23ClFN3O2. The maximum atomic E-state index is 13.9. The summed E-state index contributed by atoms with van der Waals surface area (Å²) in [7, 11) is 0. The molecule has 0 saturated carbocycles. The molecule has 0 aromatic heterocycles. The second kappa shape index (κ2) is 7.49. The van der Waals surface area contributed by atoms with Crippen molar-refractivity contribution in [3.63, 3.8) is 0 Å². The van der Waals surface area contributed by atoms with Gasteiger partial charge in [-0.1, -0.05) is 31.0 Å². The smallest absolute Gasteiger partial charge is 0.258 e. The number of nitrogens with two attached hydrogens (primary N) is 1. The van der Waals surface area contributed by atoms with E-state index in [-0.39, 0.29) is 16.5 Å². The molecule has 1 heterocycles. The first-order valence-electron chi connectivity index (χ1n) is 8.09. The Morgan fingerprint density at radius 3 is 2.38 bits per heavy atom. The van der Waals surface area contributed by atoms with E-state index in [1.807, 2.05) is 6.92 Å². The van der Waals surface area contributed by atoms with Crippen molar-refractivity contribution in [2.24, 2.45) is 5.73 Å². The number of hydrogen-bond donors (Lipinski definition) is 1. The van der Waals surface area contributed by atoms with E-state index in [0.29, 0.717) is 32.6 Å². The number of carbonyl (C=O) groups excluding carboxylic acids is 2. The molecule has 0 bridgehead atoms.